The minimum atomic E-state index is -0.374. The second kappa shape index (κ2) is 25.5. The van der Waals surface area contributed by atoms with Crippen molar-refractivity contribution in [1.82, 2.24) is 21.3 Å². The molecule has 0 heterocycles. The van der Waals surface area contributed by atoms with Gasteiger partial charge in [0.15, 0.2) is 23.8 Å². The third-order valence-electron chi connectivity index (χ3n) is 6.45. The molecule has 14 nitrogen and oxygen atoms in total. The second-order valence-corrected chi connectivity index (χ2v) is 10.4. The number of nitrogens with one attached hydrogen (secondary N) is 10. The molecule has 0 aliphatic heterocycles. The standard InChI is InChI=1S/C32H48N10O4.2ClH/c1-3-5-21-45-27(43)23-11-15-25(16-12-23)39-31(35)41-29(33)37-19-9-7-8-10-20-38-30(34)42-32(36)40-26-17-13-24(14-18-26)28(44)46-22-6-4-2;;/h11-18H,3-10,19-22H2,1-2H3,(H5,33,35,37,39,41)(H5,34,36,38,40,42);2*1H. The number of benzene rings is 2. The molecule has 0 spiro atoms. The Bertz CT molecular complexity index is 1200. The summed E-state index contributed by atoms with van der Waals surface area (Å²) in [5.41, 5.74) is 2.09. The first-order valence-corrected chi connectivity index (χ1v) is 15.7. The Hall–Kier alpha value is -4.56. The first-order chi connectivity index (χ1) is 22.2. The molecule has 2 aromatic rings. The molecule has 0 bridgehead atoms. The van der Waals surface area contributed by atoms with Gasteiger partial charge in [0.1, 0.15) is 0 Å². The average Bonchev–Trinajstić information content (AvgIpc) is 3.03. The third-order valence-corrected chi connectivity index (χ3v) is 6.45. The predicted octanol–water partition coefficient (Wildman–Crippen LogP) is 5.63. The van der Waals surface area contributed by atoms with E-state index in [1.165, 1.54) is 0 Å². The Balaban J connectivity index is 0.0000110. The van der Waals surface area contributed by atoms with Crippen LogP contribution in [0, 0.1) is 21.6 Å². The van der Waals surface area contributed by atoms with Crippen molar-refractivity contribution >= 4 is 72.0 Å². The largest absolute Gasteiger partial charge is 0.462 e. The van der Waals surface area contributed by atoms with Crippen LogP contribution in [0.25, 0.3) is 0 Å². The van der Waals surface area contributed by atoms with Crippen molar-refractivity contribution in [2.45, 2.75) is 65.2 Å². The van der Waals surface area contributed by atoms with Crippen LogP contribution in [0.5, 0.6) is 0 Å². The fraction of sp³-hybridized carbons (Fsp3) is 0.438. The molecule has 10 N–H and O–H groups in total. The number of ether oxygens (including phenoxy) is 2. The Morgan fingerprint density at radius 2 is 0.896 bits per heavy atom. The van der Waals surface area contributed by atoms with Crippen molar-refractivity contribution in [3.63, 3.8) is 0 Å². The number of hydrogen-bond acceptors (Lipinski definition) is 8. The van der Waals surface area contributed by atoms with E-state index in [2.05, 4.69) is 31.9 Å². The van der Waals surface area contributed by atoms with Gasteiger partial charge >= 0.3 is 11.9 Å². The Morgan fingerprint density at radius 1 is 0.542 bits per heavy atom. The highest BCUT2D eigenvalue weighted by atomic mass is 35.5. The van der Waals surface area contributed by atoms with Crippen molar-refractivity contribution in [1.29, 1.82) is 21.6 Å². The first kappa shape index (κ1) is 43.4. The van der Waals surface area contributed by atoms with Gasteiger partial charge in [-0.3, -0.25) is 32.3 Å². The molecule has 0 aliphatic rings. The van der Waals surface area contributed by atoms with E-state index in [-0.39, 0.29) is 60.6 Å². The molecule has 0 unspecified atom stereocenters. The molecule has 0 radical (unpaired) electrons. The van der Waals surface area contributed by atoms with E-state index in [0.29, 0.717) is 48.8 Å². The fourth-order valence-corrected chi connectivity index (χ4v) is 3.88. The number of esters is 2. The highest BCUT2D eigenvalue weighted by Crippen LogP contribution is 2.12. The maximum absolute atomic E-state index is 12.0. The molecule has 2 rings (SSSR count). The highest BCUT2D eigenvalue weighted by Gasteiger charge is 2.09. The maximum Gasteiger partial charge on any atom is 0.338 e. The lowest BCUT2D eigenvalue weighted by molar-refractivity contribution is 0.0490. The van der Waals surface area contributed by atoms with E-state index >= 15 is 0 Å². The van der Waals surface area contributed by atoms with Crippen LogP contribution in [-0.2, 0) is 9.47 Å². The number of anilines is 2. The van der Waals surface area contributed by atoms with Gasteiger partial charge in [0, 0.05) is 24.5 Å². The Labute approximate surface area is 295 Å². The number of halogens is 2. The molecule has 0 aliphatic carbocycles. The summed E-state index contributed by atoms with van der Waals surface area (Å²) in [6.45, 7) is 5.99. The quantitative estimate of drug-likeness (QED) is 0.0422. The predicted molar refractivity (Wildman–Crippen MR) is 197 cm³/mol. The summed E-state index contributed by atoms with van der Waals surface area (Å²) in [4.78, 5) is 24.0. The van der Waals surface area contributed by atoms with Gasteiger partial charge in [-0.05, 0) is 74.2 Å². The SMILES string of the molecule is CCCCOC(=O)c1ccc(NC(=N)NC(=N)NCCCCCCNC(=N)NC(=N)Nc2ccc(C(=O)OCCCC)cc2)cc1.Cl.Cl. The lowest BCUT2D eigenvalue weighted by Crippen LogP contribution is -2.43. The summed E-state index contributed by atoms with van der Waals surface area (Å²) in [5.74, 6) is -0.877. The molecule has 16 heteroatoms. The average molecular weight is 710 g/mol. The normalized spacial score (nSPS) is 9.79. The van der Waals surface area contributed by atoms with Crippen molar-refractivity contribution < 1.29 is 19.1 Å². The summed E-state index contributed by atoms with van der Waals surface area (Å²) in [5, 5.41) is 48.8. The lowest BCUT2D eigenvalue weighted by atomic mass is 10.2. The number of carbonyl (C=O) groups excluding carboxylic acids is 2. The van der Waals surface area contributed by atoms with Gasteiger partial charge in [-0.2, -0.15) is 0 Å². The minimum absolute atomic E-state index is 0. The zero-order valence-electron chi connectivity index (χ0n) is 27.6. The second-order valence-electron chi connectivity index (χ2n) is 10.4. The smallest absolute Gasteiger partial charge is 0.338 e. The molecular weight excluding hydrogens is 659 g/mol. The molecule has 0 saturated heterocycles. The minimum Gasteiger partial charge on any atom is -0.462 e. The highest BCUT2D eigenvalue weighted by molar-refractivity contribution is 6.03. The van der Waals surface area contributed by atoms with Gasteiger partial charge in [0.05, 0.1) is 24.3 Å². The van der Waals surface area contributed by atoms with Crippen LogP contribution in [0.4, 0.5) is 11.4 Å². The van der Waals surface area contributed by atoms with Gasteiger partial charge in [-0.1, -0.05) is 39.5 Å². The van der Waals surface area contributed by atoms with Crippen LogP contribution in [0.15, 0.2) is 48.5 Å². The Morgan fingerprint density at radius 3 is 1.23 bits per heavy atom. The van der Waals surface area contributed by atoms with E-state index in [1.54, 1.807) is 48.5 Å². The molecule has 2 aromatic carbocycles. The number of rotatable bonds is 17. The summed E-state index contributed by atoms with van der Waals surface area (Å²) in [6, 6.07) is 13.2. The van der Waals surface area contributed by atoms with E-state index in [9.17, 15) is 9.59 Å². The summed E-state index contributed by atoms with van der Waals surface area (Å²) < 4.78 is 10.4. The van der Waals surface area contributed by atoms with Gasteiger partial charge in [0.25, 0.3) is 0 Å². The summed E-state index contributed by atoms with van der Waals surface area (Å²) in [7, 11) is 0. The number of guanidine groups is 4. The van der Waals surface area contributed by atoms with Crippen LogP contribution < -0.4 is 31.9 Å². The van der Waals surface area contributed by atoms with Gasteiger partial charge < -0.3 is 30.7 Å². The van der Waals surface area contributed by atoms with Gasteiger partial charge in [-0.15, -0.1) is 24.8 Å². The molecular formula is C32H50Cl2N10O4. The van der Waals surface area contributed by atoms with Crippen molar-refractivity contribution in [3.05, 3.63) is 59.7 Å². The lowest BCUT2D eigenvalue weighted by Gasteiger charge is -2.13. The zero-order valence-corrected chi connectivity index (χ0v) is 29.2. The van der Waals surface area contributed by atoms with E-state index in [1.807, 2.05) is 13.8 Å². The van der Waals surface area contributed by atoms with Gasteiger partial charge in [-0.25, -0.2) is 9.59 Å². The fourth-order valence-electron chi connectivity index (χ4n) is 3.88. The zero-order chi connectivity index (χ0) is 33.6. The first-order valence-electron chi connectivity index (χ1n) is 15.7. The maximum atomic E-state index is 12.0. The van der Waals surface area contributed by atoms with Crippen molar-refractivity contribution in [3.8, 4) is 0 Å². The number of hydrogen-bond donors (Lipinski definition) is 10. The Kier molecular flexibility index (Phi) is 23.1. The van der Waals surface area contributed by atoms with E-state index < -0.39 is 0 Å². The number of carbonyl (C=O) groups is 2. The summed E-state index contributed by atoms with van der Waals surface area (Å²) >= 11 is 0. The topological polar surface area (TPSA) is 220 Å². The molecule has 0 saturated carbocycles. The van der Waals surface area contributed by atoms with E-state index in [4.69, 9.17) is 31.1 Å². The molecule has 0 amide bonds. The molecule has 0 aromatic heterocycles. The summed E-state index contributed by atoms with van der Waals surface area (Å²) in [6.07, 6.45) is 7.06. The van der Waals surface area contributed by atoms with Crippen molar-refractivity contribution in [2.75, 3.05) is 36.9 Å². The van der Waals surface area contributed by atoms with Crippen LogP contribution in [-0.4, -0.2) is 62.1 Å². The third kappa shape index (κ3) is 18.6. The molecule has 0 fully saturated rings. The number of unbranched alkanes of at least 4 members (excludes halogenated alkanes) is 5. The van der Waals surface area contributed by atoms with Crippen molar-refractivity contribution in [2.24, 2.45) is 0 Å². The molecule has 48 heavy (non-hydrogen) atoms. The molecule has 266 valence electrons. The van der Waals surface area contributed by atoms with Crippen LogP contribution in [0.3, 0.4) is 0 Å². The monoisotopic (exact) mass is 708 g/mol. The van der Waals surface area contributed by atoms with E-state index in [0.717, 1.165) is 51.4 Å². The van der Waals surface area contributed by atoms with Crippen LogP contribution in [0.2, 0.25) is 0 Å². The van der Waals surface area contributed by atoms with Crippen LogP contribution >= 0.6 is 24.8 Å². The van der Waals surface area contributed by atoms with Crippen LogP contribution in [0.1, 0.15) is 85.9 Å². The molecule has 0 atom stereocenters. The van der Waals surface area contributed by atoms with Gasteiger partial charge in [0.2, 0.25) is 0 Å².